The van der Waals surface area contributed by atoms with Crippen LogP contribution in [0.1, 0.15) is 19.3 Å². The van der Waals surface area contributed by atoms with Crippen LogP contribution in [-0.4, -0.2) is 25.1 Å². The van der Waals surface area contributed by atoms with Crippen LogP contribution in [0.5, 0.6) is 0 Å². The zero-order valence-electron chi connectivity index (χ0n) is 16.2. The number of aromatic amines is 1. The Morgan fingerprint density at radius 2 is 1.90 bits per heavy atom. The third kappa shape index (κ3) is 3.95. The first-order valence-corrected chi connectivity index (χ1v) is 12.8. The average Bonchev–Trinajstić information content (AvgIpc) is 3.41. The van der Waals surface area contributed by atoms with Crippen LogP contribution in [0.4, 0.5) is 5.00 Å². The number of hydrogen-bond acceptors (Lipinski definition) is 6. The standard InChI is InChI=1S/C21H18BrN3O4S2/c22-18-16-3-1-2-4-17(16)30-20(18)25(12-11-13-5-6-13)31(27,28)15-9-7-14(8-10-15)19-23-21(26)29-24-19/h1-4,7-10,13H,5-6,11-12H2,(H,23,24,26). The summed E-state index contributed by atoms with van der Waals surface area (Å²) in [5.74, 6) is 0.191. The smallest absolute Gasteiger partial charge is 0.296 e. The van der Waals surface area contributed by atoms with Gasteiger partial charge in [-0.1, -0.05) is 36.2 Å². The average molecular weight is 520 g/mol. The maximum Gasteiger partial charge on any atom is 0.439 e. The van der Waals surface area contributed by atoms with Gasteiger partial charge in [-0.3, -0.25) is 13.8 Å². The van der Waals surface area contributed by atoms with Gasteiger partial charge in [-0.05, 0) is 58.6 Å². The van der Waals surface area contributed by atoms with Gasteiger partial charge < -0.3 is 0 Å². The highest BCUT2D eigenvalue weighted by atomic mass is 79.9. The molecule has 1 saturated carbocycles. The van der Waals surface area contributed by atoms with Crippen LogP contribution in [0, 0.1) is 5.92 Å². The van der Waals surface area contributed by atoms with Gasteiger partial charge in [0, 0.05) is 22.2 Å². The highest BCUT2D eigenvalue weighted by Crippen LogP contribution is 2.44. The molecule has 0 spiro atoms. The Kier molecular flexibility index (Phi) is 5.23. The lowest BCUT2D eigenvalue weighted by Gasteiger charge is -2.23. The highest BCUT2D eigenvalue weighted by Gasteiger charge is 2.31. The second-order valence-corrected chi connectivity index (χ2v) is 11.2. The molecule has 1 aliphatic carbocycles. The van der Waals surface area contributed by atoms with E-state index in [2.05, 4.69) is 30.6 Å². The number of anilines is 1. The lowest BCUT2D eigenvalue weighted by Crippen LogP contribution is -2.32. The Hall–Kier alpha value is -2.43. The summed E-state index contributed by atoms with van der Waals surface area (Å²) in [5, 5.41) is 5.33. The van der Waals surface area contributed by atoms with Crippen molar-refractivity contribution in [2.45, 2.75) is 24.2 Å². The molecule has 1 N–H and O–H groups in total. The summed E-state index contributed by atoms with van der Waals surface area (Å²) in [6.45, 7) is 0.427. The van der Waals surface area contributed by atoms with E-state index in [9.17, 15) is 13.2 Å². The van der Waals surface area contributed by atoms with Crippen molar-refractivity contribution in [2.24, 2.45) is 5.92 Å². The van der Waals surface area contributed by atoms with Gasteiger partial charge in [0.15, 0.2) is 5.82 Å². The molecule has 0 radical (unpaired) electrons. The Labute approximate surface area is 190 Å². The van der Waals surface area contributed by atoms with Gasteiger partial charge in [0.25, 0.3) is 10.0 Å². The Balaban J connectivity index is 1.54. The van der Waals surface area contributed by atoms with E-state index in [1.165, 1.54) is 27.8 Å². The van der Waals surface area contributed by atoms with Crippen LogP contribution in [-0.2, 0) is 10.0 Å². The number of fused-ring (bicyclic) bond motifs is 1. The van der Waals surface area contributed by atoms with Crippen LogP contribution < -0.4 is 10.1 Å². The fourth-order valence-corrected chi connectivity index (χ4v) is 7.34. The Bertz CT molecular complexity index is 1400. The molecular weight excluding hydrogens is 502 g/mol. The summed E-state index contributed by atoms with van der Waals surface area (Å²) >= 11 is 5.10. The van der Waals surface area contributed by atoms with Gasteiger partial charge >= 0.3 is 5.76 Å². The van der Waals surface area contributed by atoms with Crippen molar-refractivity contribution in [3.8, 4) is 11.4 Å². The van der Waals surface area contributed by atoms with E-state index in [0.29, 0.717) is 23.0 Å². The van der Waals surface area contributed by atoms with Gasteiger partial charge in [-0.2, -0.15) is 0 Å². The molecule has 31 heavy (non-hydrogen) atoms. The maximum atomic E-state index is 13.7. The minimum atomic E-state index is -3.79. The van der Waals surface area contributed by atoms with Crippen molar-refractivity contribution < 1.29 is 12.9 Å². The van der Waals surface area contributed by atoms with E-state index >= 15 is 0 Å². The lowest BCUT2D eigenvalue weighted by molar-refractivity contribution is 0.388. The van der Waals surface area contributed by atoms with Crippen molar-refractivity contribution in [1.82, 2.24) is 10.1 Å². The maximum absolute atomic E-state index is 13.7. The number of hydrogen-bond donors (Lipinski definition) is 1. The summed E-state index contributed by atoms with van der Waals surface area (Å²) in [6.07, 6.45) is 3.15. The van der Waals surface area contributed by atoms with E-state index in [-0.39, 0.29) is 10.7 Å². The minimum absolute atomic E-state index is 0.183. The predicted octanol–water partition coefficient (Wildman–Crippen LogP) is 5.00. The van der Waals surface area contributed by atoms with Crippen LogP contribution in [0.15, 0.2) is 67.2 Å². The molecule has 2 heterocycles. The molecule has 5 rings (SSSR count). The molecule has 2 aromatic carbocycles. The summed E-state index contributed by atoms with van der Waals surface area (Å²) in [7, 11) is -3.79. The lowest BCUT2D eigenvalue weighted by atomic mass is 10.2. The van der Waals surface area contributed by atoms with Gasteiger partial charge in [-0.15, -0.1) is 11.3 Å². The number of thiophene rings is 1. The molecule has 4 aromatic rings. The first-order valence-electron chi connectivity index (χ1n) is 9.79. The number of H-pyrrole nitrogens is 1. The molecule has 2 aromatic heterocycles. The van der Waals surface area contributed by atoms with Crippen LogP contribution in [0.25, 0.3) is 21.5 Å². The van der Waals surface area contributed by atoms with Gasteiger partial charge in [-0.25, -0.2) is 13.2 Å². The van der Waals surface area contributed by atoms with Gasteiger partial charge in [0.05, 0.1) is 9.37 Å². The Morgan fingerprint density at radius 3 is 2.55 bits per heavy atom. The van der Waals surface area contributed by atoms with Crippen molar-refractivity contribution in [2.75, 3.05) is 10.8 Å². The number of nitrogens with zero attached hydrogens (tertiary/aromatic N) is 2. The largest absolute Gasteiger partial charge is 0.439 e. The monoisotopic (exact) mass is 519 g/mol. The van der Waals surface area contributed by atoms with E-state index in [1.807, 2.05) is 24.3 Å². The molecule has 0 aliphatic heterocycles. The highest BCUT2D eigenvalue weighted by molar-refractivity contribution is 9.10. The van der Waals surface area contributed by atoms with Crippen LogP contribution in [0.2, 0.25) is 0 Å². The van der Waals surface area contributed by atoms with Crippen molar-refractivity contribution in [3.63, 3.8) is 0 Å². The number of rotatable bonds is 7. The summed E-state index contributed by atoms with van der Waals surface area (Å²) in [6, 6.07) is 14.2. The third-order valence-corrected chi connectivity index (χ3v) is 9.53. The fourth-order valence-electron chi connectivity index (χ4n) is 3.47. The molecule has 160 valence electrons. The second kappa shape index (κ2) is 7.92. The van der Waals surface area contributed by atoms with Gasteiger partial charge in [0.1, 0.15) is 5.00 Å². The molecule has 0 unspecified atom stereocenters. The zero-order valence-corrected chi connectivity index (χ0v) is 19.5. The topological polar surface area (TPSA) is 96.3 Å². The number of halogens is 1. The molecule has 1 aliphatic rings. The van der Waals surface area contributed by atoms with Crippen molar-refractivity contribution >= 4 is 52.4 Å². The zero-order chi connectivity index (χ0) is 21.6. The van der Waals surface area contributed by atoms with Gasteiger partial charge in [0.2, 0.25) is 0 Å². The van der Waals surface area contributed by atoms with E-state index in [0.717, 1.165) is 33.8 Å². The number of nitrogens with one attached hydrogen (secondary N) is 1. The number of benzene rings is 2. The molecule has 0 amide bonds. The first kappa shape index (κ1) is 20.5. The van der Waals surface area contributed by atoms with E-state index < -0.39 is 15.8 Å². The molecule has 1 fully saturated rings. The molecule has 10 heteroatoms. The molecule has 0 saturated heterocycles. The second-order valence-electron chi connectivity index (χ2n) is 7.49. The summed E-state index contributed by atoms with van der Waals surface area (Å²) < 4.78 is 35.2. The number of aromatic nitrogens is 2. The molecule has 0 bridgehead atoms. The normalized spacial score (nSPS) is 14.2. The minimum Gasteiger partial charge on any atom is -0.296 e. The Morgan fingerprint density at radius 1 is 1.16 bits per heavy atom. The summed E-state index contributed by atoms with van der Waals surface area (Å²) in [5.41, 5.74) is 0.567. The third-order valence-electron chi connectivity index (χ3n) is 5.34. The van der Waals surface area contributed by atoms with E-state index in [1.54, 1.807) is 12.1 Å². The molecular formula is C21H18BrN3O4S2. The van der Waals surface area contributed by atoms with Crippen molar-refractivity contribution in [3.05, 3.63) is 63.6 Å². The fraction of sp³-hybridized carbons (Fsp3) is 0.238. The van der Waals surface area contributed by atoms with E-state index in [4.69, 9.17) is 0 Å². The molecule has 0 atom stereocenters. The van der Waals surface area contributed by atoms with Crippen LogP contribution >= 0.6 is 27.3 Å². The first-order chi connectivity index (χ1) is 14.9. The van der Waals surface area contributed by atoms with Crippen LogP contribution in [0.3, 0.4) is 0 Å². The van der Waals surface area contributed by atoms with Crippen molar-refractivity contribution in [1.29, 1.82) is 0 Å². The predicted molar refractivity (Wildman–Crippen MR) is 124 cm³/mol. The summed E-state index contributed by atoms with van der Waals surface area (Å²) in [4.78, 5) is 13.8. The SMILES string of the molecule is O=c1[nH]c(-c2ccc(S(=O)(=O)N(CCC3CC3)c3sc4ccccc4c3Br)cc2)no1. The number of sulfonamides is 1. The molecule has 7 nitrogen and oxygen atoms in total. The quantitative estimate of drug-likeness (QED) is 0.370.